The summed E-state index contributed by atoms with van der Waals surface area (Å²) in [4.78, 5) is 4.29. The number of fused-ring (bicyclic) bond motifs is 1. The fourth-order valence-corrected chi connectivity index (χ4v) is 2.23. The molecule has 2 heterocycles. The van der Waals surface area contributed by atoms with Crippen molar-refractivity contribution in [1.29, 1.82) is 0 Å². The molecule has 0 fully saturated rings. The summed E-state index contributed by atoms with van der Waals surface area (Å²) in [6.45, 7) is 0.521. The number of nitrogens with zero attached hydrogens (tertiary/aromatic N) is 2. The standard InChI is InChI=1S/C9H10BrN3/c1-13-7(5-11)8(10)6-3-2-4-12-9(6)13/h2-4H,5,11H2,1H3. The molecule has 2 aromatic heterocycles. The number of aromatic nitrogens is 2. The first-order valence-electron chi connectivity index (χ1n) is 4.03. The number of rotatable bonds is 1. The molecule has 0 atom stereocenters. The van der Waals surface area contributed by atoms with Crippen LogP contribution in [0.15, 0.2) is 22.8 Å². The van der Waals surface area contributed by atoms with Gasteiger partial charge < -0.3 is 10.3 Å². The van der Waals surface area contributed by atoms with Gasteiger partial charge in [0.1, 0.15) is 5.65 Å². The molecular formula is C9H10BrN3. The SMILES string of the molecule is Cn1c(CN)c(Br)c2cccnc21. The Hall–Kier alpha value is -0.870. The molecular weight excluding hydrogens is 230 g/mol. The number of hydrogen-bond donors (Lipinski definition) is 1. The van der Waals surface area contributed by atoms with E-state index in [9.17, 15) is 0 Å². The molecule has 3 nitrogen and oxygen atoms in total. The molecule has 0 amide bonds. The third-order valence-corrected chi connectivity index (χ3v) is 3.08. The first-order valence-corrected chi connectivity index (χ1v) is 4.83. The molecule has 0 saturated heterocycles. The lowest BCUT2D eigenvalue weighted by molar-refractivity contribution is 0.835. The minimum Gasteiger partial charge on any atom is -0.330 e. The summed E-state index contributed by atoms with van der Waals surface area (Å²) in [6, 6.07) is 3.96. The third kappa shape index (κ3) is 1.17. The van der Waals surface area contributed by atoms with Crippen molar-refractivity contribution in [2.75, 3.05) is 0 Å². The van der Waals surface area contributed by atoms with Crippen molar-refractivity contribution in [2.24, 2.45) is 12.8 Å². The van der Waals surface area contributed by atoms with Crippen LogP contribution in [0.3, 0.4) is 0 Å². The number of hydrogen-bond acceptors (Lipinski definition) is 2. The summed E-state index contributed by atoms with van der Waals surface area (Å²) >= 11 is 3.52. The summed E-state index contributed by atoms with van der Waals surface area (Å²) in [5.74, 6) is 0. The van der Waals surface area contributed by atoms with Crippen molar-refractivity contribution in [3.8, 4) is 0 Å². The molecule has 0 bridgehead atoms. The fourth-order valence-electron chi connectivity index (χ4n) is 1.49. The van der Waals surface area contributed by atoms with Crippen molar-refractivity contribution in [1.82, 2.24) is 9.55 Å². The zero-order chi connectivity index (χ0) is 9.42. The maximum Gasteiger partial charge on any atom is 0.141 e. The highest BCUT2D eigenvalue weighted by molar-refractivity contribution is 9.10. The summed E-state index contributed by atoms with van der Waals surface area (Å²) in [7, 11) is 1.97. The fraction of sp³-hybridized carbons (Fsp3) is 0.222. The Balaban J connectivity index is 2.88. The van der Waals surface area contributed by atoms with Crippen LogP contribution in [0, 0.1) is 0 Å². The van der Waals surface area contributed by atoms with Gasteiger partial charge in [-0.05, 0) is 28.1 Å². The van der Waals surface area contributed by atoms with E-state index in [1.807, 2.05) is 23.7 Å². The zero-order valence-electron chi connectivity index (χ0n) is 7.29. The molecule has 0 aliphatic heterocycles. The second kappa shape index (κ2) is 3.12. The first kappa shape index (κ1) is 8.72. The van der Waals surface area contributed by atoms with Gasteiger partial charge in [0.2, 0.25) is 0 Å². The Morgan fingerprint density at radius 1 is 1.62 bits per heavy atom. The van der Waals surface area contributed by atoms with Gasteiger partial charge in [-0.3, -0.25) is 0 Å². The number of nitrogens with two attached hydrogens (primary N) is 1. The average Bonchev–Trinajstić information content (AvgIpc) is 2.41. The predicted molar refractivity (Wildman–Crippen MR) is 56.3 cm³/mol. The lowest BCUT2D eigenvalue weighted by Crippen LogP contribution is -2.03. The monoisotopic (exact) mass is 239 g/mol. The maximum atomic E-state index is 5.64. The van der Waals surface area contributed by atoms with Crippen molar-refractivity contribution in [2.45, 2.75) is 6.54 Å². The van der Waals surface area contributed by atoms with Gasteiger partial charge in [-0.25, -0.2) is 4.98 Å². The molecule has 68 valence electrons. The minimum absolute atomic E-state index is 0.521. The second-order valence-electron chi connectivity index (χ2n) is 2.90. The highest BCUT2D eigenvalue weighted by Crippen LogP contribution is 2.28. The van der Waals surface area contributed by atoms with Crippen molar-refractivity contribution < 1.29 is 0 Å². The van der Waals surface area contributed by atoms with Gasteiger partial charge in [0.25, 0.3) is 0 Å². The van der Waals surface area contributed by atoms with Crippen LogP contribution >= 0.6 is 15.9 Å². The van der Waals surface area contributed by atoms with Crippen LogP contribution in [0.25, 0.3) is 11.0 Å². The molecule has 2 aromatic rings. The molecule has 0 radical (unpaired) electrons. The maximum absolute atomic E-state index is 5.64. The Bertz CT molecular complexity index is 408. The summed E-state index contributed by atoms with van der Waals surface area (Å²) in [6.07, 6.45) is 1.79. The smallest absolute Gasteiger partial charge is 0.141 e. The highest BCUT2D eigenvalue weighted by Gasteiger charge is 2.11. The van der Waals surface area contributed by atoms with E-state index < -0.39 is 0 Å². The Labute approximate surface area is 84.7 Å². The van der Waals surface area contributed by atoms with Crippen molar-refractivity contribution in [3.63, 3.8) is 0 Å². The molecule has 2 N–H and O–H groups in total. The Morgan fingerprint density at radius 3 is 3.00 bits per heavy atom. The van der Waals surface area contributed by atoms with E-state index in [1.54, 1.807) is 6.20 Å². The molecule has 0 saturated carbocycles. The van der Waals surface area contributed by atoms with E-state index in [4.69, 9.17) is 5.73 Å². The van der Waals surface area contributed by atoms with Crippen LogP contribution < -0.4 is 5.73 Å². The second-order valence-corrected chi connectivity index (χ2v) is 3.69. The first-order chi connectivity index (χ1) is 6.25. The molecule has 13 heavy (non-hydrogen) atoms. The van der Waals surface area contributed by atoms with E-state index in [1.165, 1.54) is 0 Å². The van der Waals surface area contributed by atoms with Gasteiger partial charge in [0, 0.05) is 35.3 Å². The molecule has 0 aromatic carbocycles. The molecule has 0 aliphatic carbocycles. The lowest BCUT2D eigenvalue weighted by atomic mass is 10.3. The topological polar surface area (TPSA) is 43.8 Å². The van der Waals surface area contributed by atoms with E-state index in [-0.39, 0.29) is 0 Å². The van der Waals surface area contributed by atoms with Crippen LogP contribution in [-0.4, -0.2) is 9.55 Å². The van der Waals surface area contributed by atoms with E-state index >= 15 is 0 Å². The zero-order valence-corrected chi connectivity index (χ0v) is 8.87. The van der Waals surface area contributed by atoms with Crippen LogP contribution in [0.5, 0.6) is 0 Å². The van der Waals surface area contributed by atoms with Gasteiger partial charge in [-0.1, -0.05) is 0 Å². The predicted octanol–water partition coefficient (Wildman–Crippen LogP) is 1.79. The minimum atomic E-state index is 0.521. The highest BCUT2D eigenvalue weighted by atomic mass is 79.9. The van der Waals surface area contributed by atoms with E-state index in [2.05, 4.69) is 20.9 Å². The molecule has 0 unspecified atom stereocenters. The van der Waals surface area contributed by atoms with Crippen molar-refractivity contribution >= 4 is 27.0 Å². The summed E-state index contributed by atoms with van der Waals surface area (Å²) < 4.78 is 3.07. The molecule has 2 rings (SSSR count). The summed E-state index contributed by atoms with van der Waals surface area (Å²) in [5, 5.41) is 1.12. The average molecular weight is 240 g/mol. The van der Waals surface area contributed by atoms with Gasteiger partial charge in [0.15, 0.2) is 0 Å². The third-order valence-electron chi connectivity index (χ3n) is 2.19. The van der Waals surface area contributed by atoms with E-state index in [0.29, 0.717) is 6.54 Å². The van der Waals surface area contributed by atoms with Gasteiger partial charge in [-0.15, -0.1) is 0 Å². The molecule has 0 spiro atoms. The number of pyridine rings is 1. The van der Waals surface area contributed by atoms with Gasteiger partial charge in [-0.2, -0.15) is 0 Å². The Kier molecular flexibility index (Phi) is 2.09. The van der Waals surface area contributed by atoms with E-state index in [0.717, 1.165) is 21.2 Å². The number of aryl methyl sites for hydroxylation is 1. The van der Waals surface area contributed by atoms with Gasteiger partial charge in [0.05, 0.1) is 0 Å². The van der Waals surface area contributed by atoms with Crippen LogP contribution in [0.4, 0.5) is 0 Å². The van der Waals surface area contributed by atoms with Crippen molar-refractivity contribution in [3.05, 3.63) is 28.5 Å². The lowest BCUT2D eigenvalue weighted by Gasteiger charge is -1.99. The largest absolute Gasteiger partial charge is 0.330 e. The number of halogens is 1. The Morgan fingerprint density at radius 2 is 2.38 bits per heavy atom. The van der Waals surface area contributed by atoms with Crippen LogP contribution in [0.2, 0.25) is 0 Å². The van der Waals surface area contributed by atoms with Crippen LogP contribution in [0.1, 0.15) is 5.69 Å². The quantitative estimate of drug-likeness (QED) is 0.825. The molecule has 0 aliphatic rings. The molecule has 4 heteroatoms. The summed E-state index contributed by atoms with van der Waals surface area (Å²) in [5.41, 5.74) is 7.68. The van der Waals surface area contributed by atoms with Crippen LogP contribution in [-0.2, 0) is 13.6 Å². The van der Waals surface area contributed by atoms with Gasteiger partial charge >= 0.3 is 0 Å². The normalized spacial score (nSPS) is 11.0.